The molecule has 0 aliphatic heterocycles. The van der Waals surface area contributed by atoms with Gasteiger partial charge >= 0.3 is 0 Å². The van der Waals surface area contributed by atoms with Gasteiger partial charge in [0.1, 0.15) is 0 Å². The van der Waals surface area contributed by atoms with Gasteiger partial charge in [0.25, 0.3) is 0 Å². The van der Waals surface area contributed by atoms with Crippen molar-refractivity contribution in [1.29, 1.82) is 0 Å². The lowest BCUT2D eigenvalue weighted by Gasteiger charge is -2.20. The molecule has 0 unspecified atom stereocenters. The first-order valence-corrected chi connectivity index (χ1v) is 13.4. The van der Waals surface area contributed by atoms with Crippen LogP contribution in [0.5, 0.6) is 0 Å². The molecule has 3 heterocycles. The zero-order chi connectivity index (χ0) is 21.2. The Balaban J connectivity index is 1.99. The maximum atomic E-state index is 2.65. The fraction of sp³-hybridized carbons (Fsp3) is 0.692. The number of fused-ring (bicyclic) bond motifs is 3. The van der Waals surface area contributed by atoms with Crippen molar-refractivity contribution in [3.05, 3.63) is 21.9 Å². The lowest BCUT2D eigenvalue weighted by molar-refractivity contribution is 0.516. The third-order valence-corrected chi connectivity index (χ3v) is 10.2. The minimum Gasteiger partial charge on any atom is -0.339 e. The summed E-state index contributed by atoms with van der Waals surface area (Å²) in [6.45, 7) is 17.7. The Morgan fingerprint density at radius 3 is 1.59 bits per heavy atom. The molecule has 0 saturated carbocycles. The van der Waals surface area contributed by atoms with Gasteiger partial charge in [-0.25, -0.2) is 0 Å². The van der Waals surface area contributed by atoms with E-state index in [0.29, 0.717) is 0 Å². The summed E-state index contributed by atoms with van der Waals surface area (Å²) in [6, 6.07) is 5.02. The van der Waals surface area contributed by atoms with E-state index in [0.717, 1.165) is 6.54 Å². The first-order chi connectivity index (χ1) is 13.7. The molecule has 3 aromatic heterocycles. The molecule has 0 radical (unpaired) electrons. The fourth-order valence-corrected chi connectivity index (χ4v) is 6.74. The maximum absolute atomic E-state index is 2.65. The molecule has 162 valence electrons. The maximum Gasteiger partial charge on any atom is 0.0704 e. The Hall–Kier alpha value is -0.800. The number of nitrogens with zero attached hydrogens (tertiary/aromatic N) is 1. The second-order valence-corrected chi connectivity index (χ2v) is 12.1. The van der Waals surface area contributed by atoms with Crippen molar-refractivity contribution in [2.45, 2.75) is 117 Å². The van der Waals surface area contributed by atoms with Crippen molar-refractivity contribution >= 4 is 43.1 Å². The predicted molar refractivity (Wildman–Crippen MR) is 135 cm³/mol. The van der Waals surface area contributed by atoms with E-state index < -0.39 is 0 Å². The van der Waals surface area contributed by atoms with E-state index in [2.05, 4.69) is 87.8 Å². The second-order valence-electron chi connectivity index (χ2n) is 10.0. The number of unbranched alkanes of at least 4 members (excludes halogenated alkanes) is 5. The van der Waals surface area contributed by atoms with Crippen LogP contribution in [-0.2, 0) is 17.4 Å². The first-order valence-electron chi connectivity index (χ1n) is 11.8. The largest absolute Gasteiger partial charge is 0.339 e. The smallest absolute Gasteiger partial charge is 0.0704 e. The van der Waals surface area contributed by atoms with Gasteiger partial charge in [-0.2, -0.15) is 0 Å². The van der Waals surface area contributed by atoms with E-state index in [1.54, 1.807) is 9.75 Å². The van der Waals surface area contributed by atoms with Gasteiger partial charge in [0, 0.05) is 16.3 Å². The summed E-state index contributed by atoms with van der Waals surface area (Å²) in [4.78, 5) is 3.10. The van der Waals surface area contributed by atoms with Crippen molar-refractivity contribution in [1.82, 2.24) is 4.57 Å². The molecule has 0 spiro atoms. The van der Waals surface area contributed by atoms with Gasteiger partial charge in [0.05, 0.1) is 20.4 Å². The molecule has 29 heavy (non-hydrogen) atoms. The molecule has 0 aliphatic carbocycles. The monoisotopic (exact) mass is 431 g/mol. The number of rotatable bonds is 11. The molecule has 1 nitrogen and oxygen atoms in total. The molecule has 3 rings (SSSR count). The van der Waals surface area contributed by atoms with E-state index in [1.165, 1.54) is 71.8 Å². The summed E-state index contributed by atoms with van der Waals surface area (Å²) in [6.07, 6.45) is 10.5. The Bertz CT molecular complexity index is 867. The summed E-state index contributed by atoms with van der Waals surface area (Å²) in [5.74, 6) is 0. The summed E-state index contributed by atoms with van der Waals surface area (Å²) in [5.41, 5.74) is 3.51. The van der Waals surface area contributed by atoms with Crippen LogP contribution in [0.1, 0.15) is 110 Å². The first kappa shape index (κ1) is 22.9. The van der Waals surface area contributed by atoms with Crippen LogP contribution in [0.3, 0.4) is 0 Å². The third kappa shape index (κ3) is 4.61. The van der Waals surface area contributed by atoms with Crippen LogP contribution in [0, 0.1) is 0 Å². The summed E-state index contributed by atoms with van der Waals surface area (Å²) in [5, 5.41) is 0. The van der Waals surface area contributed by atoms with Gasteiger partial charge in [-0.3, -0.25) is 0 Å². The molecule has 0 fully saturated rings. The topological polar surface area (TPSA) is 4.93 Å². The summed E-state index contributed by atoms with van der Waals surface area (Å²) < 4.78 is 5.72. The van der Waals surface area contributed by atoms with E-state index >= 15 is 0 Å². The second kappa shape index (κ2) is 9.14. The summed E-state index contributed by atoms with van der Waals surface area (Å²) >= 11 is 4.10. The minimum atomic E-state index is 0.268. The Morgan fingerprint density at radius 1 is 0.690 bits per heavy atom. The number of hydrogen-bond donors (Lipinski definition) is 0. The highest BCUT2D eigenvalue weighted by atomic mass is 32.1. The number of aromatic nitrogens is 1. The van der Waals surface area contributed by atoms with Crippen LogP contribution in [-0.4, -0.2) is 4.57 Å². The zero-order valence-corrected chi connectivity index (χ0v) is 21.4. The zero-order valence-electron chi connectivity index (χ0n) is 19.8. The standard InChI is InChI=1S/C26H41NS2/c1-8-11-12-13-14-15-16-27-19-17-21(25(4,5)9-2)28-23(19)24-20(27)18-22(29-24)26(6,7)10-3/h17-18H,8-16H2,1-7H3. The van der Waals surface area contributed by atoms with Crippen LogP contribution in [0.2, 0.25) is 0 Å². The Morgan fingerprint density at radius 2 is 1.14 bits per heavy atom. The summed E-state index contributed by atoms with van der Waals surface area (Å²) in [7, 11) is 0. The molecule has 0 aromatic carbocycles. The quantitative estimate of drug-likeness (QED) is 0.266. The van der Waals surface area contributed by atoms with Crippen LogP contribution < -0.4 is 0 Å². The van der Waals surface area contributed by atoms with E-state index in [-0.39, 0.29) is 10.8 Å². The number of aryl methyl sites for hydroxylation is 1. The average molecular weight is 432 g/mol. The van der Waals surface area contributed by atoms with Crippen LogP contribution in [0.4, 0.5) is 0 Å². The molecule has 0 N–H and O–H groups in total. The minimum absolute atomic E-state index is 0.268. The van der Waals surface area contributed by atoms with Gasteiger partial charge < -0.3 is 4.57 Å². The molecular formula is C26H41NS2. The number of hydrogen-bond acceptors (Lipinski definition) is 2. The predicted octanol–water partition coefficient (Wildman–Crippen LogP) is 9.65. The molecular weight excluding hydrogens is 390 g/mol. The SMILES string of the molecule is CCCCCCCCn1c2cc(C(C)(C)CC)sc2c2sc(C(C)(C)CC)cc21. The highest BCUT2D eigenvalue weighted by Gasteiger charge is 2.27. The van der Waals surface area contributed by atoms with Gasteiger partial charge in [-0.05, 0) is 42.2 Å². The fourth-order valence-electron chi connectivity index (χ4n) is 3.93. The molecule has 0 atom stereocenters. The van der Waals surface area contributed by atoms with Gasteiger partial charge in [-0.15, -0.1) is 22.7 Å². The highest BCUT2D eigenvalue weighted by molar-refractivity contribution is 7.27. The van der Waals surface area contributed by atoms with Crippen LogP contribution in [0.15, 0.2) is 12.1 Å². The van der Waals surface area contributed by atoms with Crippen LogP contribution >= 0.6 is 22.7 Å². The van der Waals surface area contributed by atoms with Gasteiger partial charge in [0.2, 0.25) is 0 Å². The highest BCUT2D eigenvalue weighted by Crippen LogP contribution is 2.46. The Labute approximate surface area is 186 Å². The van der Waals surface area contributed by atoms with Crippen molar-refractivity contribution in [2.75, 3.05) is 0 Å². The van der Waals surface area contributed by atoms with E-state index in [1.807, 2.05) is 0 Å². The number of thiophene rings is 2. The third-order valence-electron chi connectivity index (χ3n) is 7.05. The molecule has 0 amide bonds. The van der Waals surface area contributed by atoms with E-state index in [9.17, 15) is 0 Å². The van der Waals surface area contributed by atoms with Gasteiger partial charge in [-0.1, -0.05) is 80.6 Å². The molecule has 3 heteroatoms. The van der Waals surface area contributed by atoms with Crippen molar-refractivity contribution in [2.24, 2.45) is 0 Å². The van der Waals surface area contributed by atoms with Crippen molar-refractivity contribution < 1.29 is 0 Å². The lowest BCUT2D eigenvalue weighted by Crippen LogP contribution is -2.13. The molecule has 0 saturated heterocycles. The van der Waals surface area contributed by atoms with E-state index in [4.69, 9.17) is 0 Å². The Kier molecular flexibility index (Phi) is 7.21. The molecule has 0 aliphatic rings. The lowest BCUT2D eigenvalue weighted by atomic mass is 9.88. The van der Waals surface area contributed by atoms with Crippen molar-refractivity contribution in [3.8, 4) is 0 Å². The normalized spacial score (nSPS) is 13.2. The van der Waals surface area contributed by atoms with Crippen LogP contribution in [0.25, 0.3) is 20.4 Å². The van der Waals surface area contributed by atoms with Crippen molar-refractivity contribution in [3.63, 3.8) is 0 Å². The average Bonchev–Trinajstić information content (AvgIpc) is 3.37. The van der Waals surface area contributed by atoms with Gasteiger partial charge in [0.15, 0.2) is 0 Å². The molecule has 3 aromatic rings. The molecule has 0 bridgehead atoms.